The first-order valence-electron chi connectivity index (χ1n) is 9.85. The maximum atomic E-state index is 13.7. The third-order valence-electron chi connectivity index (χ3n) is 6.77. The van der Waals surface area contributed by atoms with Crippen molar-refractivity contribution in [3.63, 3.8) is 0 Å². The van der Waals surface area contributed by atoms with E-state index in [2.05, 4.69) is 33.9 Å². The second-order valence-electron chi connectivity index (χ2n) is 9.56. The van der Waals surface area contributed by atoms with Crippen molar-refractivity contribution in [2.45, 2.75) is 73.5 Å². The average molecular weight is 427 g/mol. The molecule has 0 aromatic heterocycles. The third kappa shape index (κ3) is 3.00. The fourth-order valence-corrected chi connectivity index (χ4v) is 7.51. The molecule has 2 aliphatic heterocycles. The molecular weight excluding hydrogens is 396 g/mol. The molecular formula is C20H30O6SSi. The zero-order valence-corrected chi connectivity index (χ0v) is 19.0. The molecule has 2 heterocycles. The Morgan fingerprint density at radius 2 is 1.86 bits per heavy atom. The maximum absolute atomic E-state index is 13.7. The topological polar surface area (TPSA) is 74.4 Å². The Kier molecular flexibility index (Phi) is 4.84. The lowest BCUT2D eigenvalue weighted by atomic mass is 9.84. The van der Waals surface area contributed by atoms with Crippen LogP contribution in [0.1, 0.15) is 27.2 Å². The molecule has 0 spiro atoms. The lowest BCUT2D eigenvalue weighted by molar-refractivity contribution is -0.206. The van der Waals surface area contributed by atoms with E-state index in [1.54, 1.807) is 24.3 Å². The third-order valence-corrected chi connectivity index (χ3v) is 13.6. The van der Waals surface area contributed by atoms with Gasteiger partial charge in [0.2, 0.25) is 14.8 Å². The summed E-state index contributed by atoms with van der Waals surface area (Å²) in [6, 6.07) is 8.54. The van der Waals surface area contributed by atoms with Crippen molar-refractivity contribution in [1.82, 2.24) is 0 Å². The van der Waals surface area contributed by atoms with E-state index in [9.17, 15) is 8.42 Å². The van der Waals surface area contributed by atoms with Crippen molar-refractivity contribution >= 4 is 18.2 Å². The fourth-order valence-electron chi connectivity index (χ4n) is 4.07. The van der Waals surface area contributed by atoms with E-state index in [0.29, 0.717) is 13.0 Å². The second-order valence-corrected chi connectivity index (χ2v) is 16.4. The quantitative estimate of drug-likeness (QED) is 0.543. The molecule has 28 heavy (non-hydrogen) atoms. The lowest BCUT2D eigenvalue weighted by Gasteiger charge is -2.47. The van der Waals surface area contributed by atoms with Crippen molar-refractivity contribution in [2.75, 3.05) is 13.4 Å². The van der Waals surface area contributed by atoms with Crippen LogP contribution in [-0.2, 0) is 28.5 Å². The molecule has 5 atom stereocenters. The predicted molar refractivity (Wildman–Crippen MR) is 107 cm³/mol. The Balaban J connectivity index is 1.78. The second kappa shape index (κ2) is 6.62. The number of sulfone groups is 1. The van der Waals surface area contributed by atoms with Crippen molar-refractivity contribution < 1.29 is 27.1 Å². The van der Waals surface area contributed by atoms with Gasteiger partial charge in [-0.1, -0.05) is 39.0 Å². The molecule has 3 fully saturated rings. The van der Waals surface area contributed by atoms with Crippen LogP contribution >= 0.6 is 0 Å². The van der Waals surface area contributed by atoms with Crippen molar-refractivity contribution in [1.29, 1.82) is 0 Å². The van der Waals surface area contributed by atoms with E-state index in [4.69, 9.17) is 18.6 Å². The number of ether oxygens (including phenoxy) is 3. The van der Waals surface area contributed by atoms with Crippen molar-refractivity contribution in [2.24, 2.45) is 5.92 Å². The van der Waals surface area contributed by atoms with Crippen LogP contribution in [0.5, 0.6) is 0 Å². The number of hydrogen-bond donors (Lipinski definition) is 0. The van der Waals surface area contributed by atoms with E-state index >= 15 is 0 Å². The van der Waals surface area contributed by atoms with Gasteiger partial charge in [-0.05, 0) is 36.7 Å². The van der Waals surface area contributed by atoms with Crippen LogP contribution in [0.25, 0.3) is 0 Å². The van der Waals surface area contributed by atoms with Crippen LogP contribution in [0.15, 0.2) is 35.2 Å². The summed E-state index contributed by atoms with van der Waals surface area (Å²) < 4.78 is 51.6. The van der Waals surface area contributed by atoms with E-state index < -0.39 is 29.2 Å². The Bertz CT molecular complexity index is 834. The smallest absolute Gasteiger partial charge is 0.227 e. The van der Waals surface area contributed by atoms with Gasteiger partial charge in [-0.15, -0.1) is 0 Å². The molecule has 6 nitrogen and oxygen atoms in total. The fraction of sp³-hybridized carbons (Fsp3) is 0.700. The number of fused-ring (bicyclic) bond motifs is 2. The van der Waals surface area contributed by atoms with Crippen LogP contribution in [0, 0.1) is 5.92 Å². The van der Waals surface area contributed by atoms with Gasteiger partial charge in [0, 0.05) is 5.92 Å². The number of hydrogen-bond acceptors (Lipinski definition) is 6. The minimum atomic E-state index is -3.75. The first-order chi connectivity index (χ1) is 13.0. The molecule has 0 N–H and O–H groups in total. The van der Waals surface area contributed by atoms with Gasteiger partial charge in [0.15, 0.2) is 8.32 Å². The minimum absolute atomic E-state index is 0.0623. The standard InChI is InChI=1S/C20H30O6SSi/c1-19(2,3)28(4,5)26-18-17-14(12-23-13-24-17)11-16-20(18,25-16)27(21,22)15-9-7-6-8-10-15/h6-10,14,16-18H,11-13H2,1-5H3/t14-,16-,17-,18+,20+/m1/s1. The molecule has 0 radical (unpaired) electrons. The summed E-state index contributed by atoms with van der Waals surface area (Å²) in [7, 11) is -6.03. The molecule has 1 saturated carbocycles. The summed E-state index contributed by atoms with van der Waals surface area (Å²) in [5.74, 6) is 0.0788. The summed E-state index contributed by atoms with van der Waals surface area (Å²) >= 11 is 0. The van der Waals surface area contributed by atoms with Gasteiger partial charge in [-0.25, -0.2) is 8.42 Å². The molecule has 2 saturated heterocycles. The Labute approximate surface area is 168 Å². The van der Waals surface area contributed by atoms with E-state index in [1.807, 2.05) is 6.07 Å². The van der Waals surface area contributed by atoms with Crippen molar-refractivity contribution in [3.8, 4) is 0 Å². The molecule has 0 bridgehead atoms. The Hall–Kier alpha value is -0.773. The maximum Gasteiger partial charge on any atom is 0.227 e. The van der Waals surface area contributed by atoms with E-state index in [0.717, 1.165) is 0 Å². The monoisotopic (exact) mass is 426 g/mol. The number of benzene rings is 1. The van der Waals surface area contributed by atoms with Gasteiger partial charge < -0.3 is 18.6 Å². The van der Waals surface area contributed by atoms with E-state index in [1.165, 1.54) is 0 Å². The van der Waals surface area contributed by atoms with Crippen LogP contribution in [0.4, 0.5) is 0 Å². The average Bonchev–Trinajstić information content (AvgIpc) is 3.37. The molecule has 0 amide bonds. The molecule has 8 heteroatoms. The largest absolute Gasteiger partial charge is 0.407 e. The molecule has 3 aliphatic rings. The highest BCUT2D eigenvalue weighted by molar-refractivity contribution is 7.93. The summed E-state index contributed by atoms with van der Waals surface area (Å²) in [4.78, 5) is -1.10. The van der Waals surface area contributed by atoms with Gasteiger partial charge in [0.05, 0.1) is 17.6 Å². The number of epoxide rings is 1. The van der Waals surface area contributed by atoms with Crippen molar-refractivity contribution in [3.05, 3.63) is 30.3 Å². The lowest BCUT2D eigenvalue weighted by Crippen LogP contribution is -2.61. The zero-order chi connectivity index (χ0) is 20.4. The molecule has 156 valence electrons. The molecule has 1 aromatic rings. The van der Waals surface area contributed by atoms with Gasteiger partial charge in [0.25, 0.3) is 0 Å². The van der Waals surface area contributed by atoms with Crippen LogP contribution < -0.4 is 0 Å². The van der Waals surface area contributed by atoms with Gasteiger partial charge >= 0.3 is 0 Å². The Morgan fingerprint density at radius 3 is 2.50 bits per heavy atom. The molecule has 1 aliphatic carbocycles. The van der Waals surface area contributed by atoms with Crippen LogP contribution in [-0.4, -0.2) is 53.4 Å². The van der Waals surface area contributed by atoms with Gasteiger partial charge in [-0.3, -0.25) is 0 Å². The first kappa shape index (κ1) is 20.5. The highest BCUT2D eigenvalue weighted by Gasteiger charge is 2.77. The summed E-state index contributed by atoms with van der Waals surface area (Å²) in [5.41, 5.74) is 0. The zero-order valence-electron chi connectivity index (χ0n) is 17.2. The van der Waals surface area contributed by atoms with Gasteiger partial charge in [-0.2, -0.15) is 0 Å². The van der Waals surface area contributed by atoms with E-state index in [-0.39, 0.29) is 34.9 Å². The molecule has 1 aromatic carbocycles. The summed E-state index contributed by atoms with van der Waals surface area (Å²) in [6.07, 6.45) is -0.793. The summed E-state index contributed by atoms with van der Waals surface area (Å²) in [6.45, 7) is 11.4. The van der Waals surface area contributed by atoms with Gasteiger partial charge in [0.1, 0.15) is 19.0 Å². The molecule has 4 rings (SSSR count). The number of rotatable bonds is 4. The van der Waals surface area contributed by atoms with Crippen LogP contribution in [0.2, 0.25) is 18.1 Å². The Morgan fingerprint density at radius 1 is 1.18 bits per heavy atom. The predicted octanol–water partition coefficient (Wildman–Crippen LogP) is 3.34. The minimum Gasteiger partial charge on any atom is -0.407 e. The summed E-state index contributed by atoms with van der Waals surface area (Å²) in [5, 5.41) is -0.0623. The SMILES string of the molecule is CC(C)(C)[Si](C)(C)O[C@H]1[C@@H]2OCOC[C@H]2C[C@H]2O[C@]21S(=O)(=O)c1ccccc1. The normalized spacial score (nSPS) is 35.8. The first-order valence-corrected chi connectivity index (χ1v) is 14.2. The van der Waals surface area contributed by atoms with Crippen LogP contribution in [0.3, 0.4) is 0 Å². The highest BCUT2D eigenvalue weighted by Crippen LogP contribution is 2.58. The highest BCUT2D eigenvalue weighted by atomic mass is 32.2. The molecule has 0 unspecified atom stereocenters.